The van der Waals surface area contributed by atoms with Crippen LogP contribution >= 0.6 is 0 Å². The van der Waals surface area contributed by atoms with E-state index in [4.69, 9.17) is 0 Å². The van der Waals surface area contributed by atoms with Crippen LogP contribution < -0.4 is 0 Å². The van der Waals surface area contributed by atoms with E-state index in [1.807, 2.05) is 36.8 Å². The molecule has 1 saturated heterocycles. The molecule has 0 spiro atoms. The molecule has 0 unspecified atom stereocenters. The molecule has 0 amide bonds. The Labute approximate surface area is 153 Å². The molecular weight excluding hydrogens is 325 g/mol. The normalized spacial score (nSPS) is 18.0. The number of hydrogen-bond donors (Lipinski definition) is 0. The van der Waals surface area contributed by atoms with Crippen LogP contribution in [0.15, 0.2) is 67.1 Å². The summed E-state index contributed by atoms with van der Waals surface area (Å²) in [7, 11) is 0. The van der Waals surface area contributed by atoms with Crippen molar-refractivity contribution in [3.8, 4) is 11.3 Å². The first kappa shape index (κ1) is 16.9. The zero-order chi connectivity index (χ0) is 17.8. The summed E-state index contributed by atoms with van der Waals surface area (Å²) in [6, 6.07) is 15.2. The summed E-state index contributed by atoms with van der Waals surface area (Å²) in [5.74, 6) is -0.233. The molecule has 0 saturated carbocycles. The van der Waals surface area contributed by atoms with E-state index in [1.54, 1.807) is 6.07 Å². The Kier molecular flexibility index (Phi) is 5.02. The van der Waals surface area contributed by atoms with Gasteiger partial charge in [0.15, 0.2) is 0 Å². The van der Waals surface area contributed by atoms with Crippen LogP contribution in [0.5, 0.6) is 0 Å². The second kappa shape index (κ2) is 7.75. The van der Waals surface area contributed by atoms with Crippen molar-refractivity contribution in [2.24, 2.45) is 0 Å². The van der Waals surface area contributed by atoms with E-state index in [0.717, 1.165) is 30.8 Å². The number of rotatable bonds is 4. The summed E-state index contributed by atoms with van der Waals surface area (Å²) < 4.78 is 13.4. The lowest BCUT2D eigenvalue weighted by atomic mass is 9.95. The van der Waals surface area contributed by atoms with Gasteiger partial charge in [0.1, 0.15) is 5.82 Å². The van der Waals surface area contributed by atoms with Crippen LogP contribution in [0, 0.1) is 5.82 Å². The van der Waals surface area contributed by atoms with E-state index >= 15 is 0 Å². The standard InChI is InChI=1S/C22H22FN3/c23-20-7-3-6-18(13-20)21-10-9-19(15-25-21)22-8-1-2-12-26(22)16-17-5-4-11-24-14-17/h3-7,9-11,13-15,22H,1-2,8,12,16H2/t22-/m1/s1. The molecule has 3 aromatic rings. The number of hydrogen-bond acceptors (Lipinski definition) is 3. The molecule has 1 aromatic carbocycles. The minimum Gasteiger partial charge on any atom is -0.292 e. The van der Waals surface area contributed by atoms with Gasteiger partial charge in [0.2, 0.25) is 0 Å². The van der Waals surface area contributed by atoms with Crippen LogP contribution in [0.3, 0.4) is 0 Å². The molecule has 4 heteroatoms. The van der Waals surface area contributed by atoms with Crippen molar-refractivity contribution in [1.29, 1.82) is 0 Å². The number of likely N-dealkylation sites (tertiary alicyclic amines) is 1. The Bertz CT molecular complexity index is 849. The number of benzene rings is 1. The maximum absolute atomic E-state index is 13.4. The summed E-state index contributed by atoms with van der Waals surface area (Å²) in [6.45, 7) is 2.00. The highest BCUT2D eigenvalue weighted by Crippen LogP contribution is 2.32. The highest BCUT2D eigenvalue weighted by Gasteiger charge is 2.24. The molecule has 132 valence electrons. The first-order chi connectivity index (χ1) is 12.8. The van der Waals surface area contributed by atoms with Crippen molar-refractivity contribution in [3.63, 3.8) is 0 Å². The molecule has 26 heavy (non-hydrogen) atoms. The van der Waals surface area contributed by atoms with Gasteiger partial charge in [-0.1, -0.05) is 30.7 Å². The molecule has 4 rings (SSSR count). The fraction of sp³-hybridized carbons (Fsp3) is 0.273. The van der Waals surface area contributed by atoms with Crippen LogP contribution in [-0.4, -0.2) is 21.4 Å². The van der Waals surface area contributed by atoms with Crippen LogP contribution in [0.25, 0.3) is 11.3 Å². The Hall–Kier alpha value is -2.59. The fourth-order valence-corrected chi connectivity index (χ4v) is 3.70. The van der Waals surface area contributed by atoms with Gasteiger partial charge in [0.05, 0.1) is 5.69 Å². The van der Waals surface area contributed by atoms with Crippen molar-refractivity contribution in [3.05, 3.63) is 84.1 Å². The van der Waals surface area contributed by atoms with Gasteiger partial charge in [-0.2, -0.15) is 0 Å². The molecular formula is C22H22FN3. The largest absolute Gasteiger partial charge is 0.292 e. The maximum atomic E-state index is 13.4. The molecule has 3 heterocycles. The minimum absolute atomic E-state index is 0.233. The van der Waals surface area contributed by atoms with Crippen molar-refractivity contribution in [2.75, 3.05) is 6.54 Å². The molecule has 2 aromatic heterocycles. The quantitative estimate of drug-likeness (QED) is 0.664. The summed E-state index contributed by atoms with van der Waals surface area (Å²) >= 11 is 0. The highest BCUT2D eigenvalue weighted by atomic mass is 19.1. The predicted octanol–water partition coefficient (Wildman–Crippen LogP) is 5.01. The molecule has 1 atom stereocenters. The number of aromatic nitrogens is 2. The lowest BCUT2D eigenvalue weighted by Crippen LogP contribution is -2.33. The van der Waals surface area contributed by atoms with E-state index in [2.05, 4.69) is 27.0 Å². The fourth-order valence-electron chi connectivity index (χ4n) is 3.70. The summed E-state index contributed by atoms with van der Waals surface area (Å²) in [4.78, 5) is 11.3. The number of halogens is 1. The number of nitrogens with zero attached hydrogens (tertiary/aromatic N) is 3. The van der Waals surface area contributed by atoms with Gasteiger partial charge in [-0.3, -0.25) is 14.9 Å². The molecule has 3 nitrogen and oxygen atoms in total. The van der Waals surface area contributed by atoms with Crippen molar-refractivity contribution in [1.82, 2.24) is 14.9 Å². The highest BCUT2D eigenvalue weighted by molar-refractivity contribution is 5.59. The Morgan fingerprint density at radius 2 is 2.00 bits per heavy atom. The van der Waals surface area contributed by atoms with Crippen LogP contribution in [0.4, 0.5) is 4.39 Å². The van der Waals surface area contributed by atoms with E-state index < -0.39 is 0 Å². The van der Waals surface area contributed by atoms with Gasteiger partial charge in [-0.15, -0.1) is 0 Å². The van der Waals surface area contributed by atoms with Crippen LogP contribution in [0.1, 0.15) is 36.4 Å². The van der Waals surface area contributed by atoms with Gasteiger partial charge in [0.25, 0.3) is 0 Å². The zero-order valence-electron chi connectivity index (χ0n) is 14.7. The molecule has 1 fully saturated rings. The van der Waals surface area contributed by atoms with E-state index in [-0.39, 0.29) is 5.82 Å². The van der Waals surface area contributed by atoms with Crippen LogP contribution in [0.2, 0.25) is 0 Å². The first-order valence-corrected chi connectivity index (χ1v) is 9.14. The average molecular weight is 347 g/mol. The molecule has 0 N–H and O–H groups in total. The van der Waals surface area contributed by atoms with Gasteiger partial charge in [-0.05, 0) is 54.8 Å². The molecule has 0 radical (unpaired) electrons. The first-order valence-electron chi connectivity index (χ1n) is 9.14. The molecule has 0 bridgehead atoms. The zero-order valence-corrected chi connectivity index (χ0v) is 14.7. The topological polar surface area (TPSA) is 29.0 Å². The third-order valence-electron chi connectivity index (χ3n) is 5.01. The number of piperidine rings is 1. The summed E-state index contributed by atoms with van der Waals surface area (Å²) in [5, 5.41) is 0. The predicted molar refractivity (Wildman–Crippen MR) is 101 cm³/mol. The Morgan fingerprint density at radius 1 is 1.04 bits per heavy atom. The van der Waals surface area contributed by atoms with Gasteiger partial charge >= 0.3 is 0 Å². The van der Waals surface area contributed by atoms with Crippen molar-refractivity contribution < 1.29 is 4.39 Å². The third kappa shape index (κ3) is 3.81. The monoisotopic (exact) mass is 347 g/mol. The second-order valence-electron chi connectivity index (χ2n) is 6.83. The van der Waals surface area contributed by atoms with Crippen LogP contribution in [-0.2, 0) is 6.54 Å². The Morgan fingerprint density at radius 3 is 2.77 bits per heavy atom. The maximum Gasteiger partial charge on any atom is 0.123 e. The summed E-state index contributed by atoms with van der Waals surface area (Å²) in [6.07, 6.45) is 9.31. The van der Waals surface area contributed by atoms with E-state index in [9.17, 15) is 4.39 Å². The lowest BCUT2D eigenvalue weighted by Gasteiger charge is -2.36. The van der Waals surface area contributed by atoms with Gasteiger partial charge in [-0.25, -0.2) is 4.39 Å². The second-order valence-corrected chi connectivity index (χ2v) is 6.83. The SMILES string of the molecule is Fc1cccc(-c2ccc([C@H]3CCCCN3Cc3cccnc3)cn2)c1. The van der Waals surface area contributed by atoms with Gasteiger partial charge < -0.3 is 0 Å². The Balaban J connectivity index is 1.54. The third-order valence-corrected chi connectivity index (χ3v) is 5.01. The number of pyridine rings is 2. The van der Waals surface area contributed by atoms with E-state index in [0.29, 0.717) is 6.04 Å². The lowest BCUT2D eigenvalue weighted by molar-refractivity contribution is 0.140. The molecule has 1 aliphatic rings. The van der Waals surface area contributed by atoms with Crippen molar-refractivity contribution in [2.45, 2.75) is 31.8 Å². The minimum atomic E-state index is -0.233. The van der Waals surface area contributed by atoms with Gasteiger partial charge in [0, 0.05) is 36.7 Å². The van der Waals surface area contributed by atoms with Crippen molar-refractivity contribution >= 4 is 0 Å². The molecule has 1 aliphatic heterocycles. The smallest absolute Gasteiger partial charge is 0.123 e. The summed E-state index contributed by atoms with van der Waals surface area (Å²) in [5.41, 5.74) is 4.09. The van der Waals surface area contributed by atoms with E-state index in [1.165, 1.54) is 36.1 Å². The average Bonchev–Trinajstić information content (AvgIpc) is 2.69. The molecule has 0 aliphatic carbocycles.